The van der Waals surface area contributed by atoms with Crippen LogP contribution in [-0.4, -0.2) is 36.6 Å². The number of hydrogen-bond acceptors (Lipinski definition) is 2. The molecule has 3 nitrogen and oxygen atoms in total. The van der Waals surface area contributed by atoms with Crippen molar-refractivity contribution in [1.29, 1.82) is 0 Å². The molecule has 0 bridgehead atoms. The van der Waals surface area contributed by atoms with Crippen LogP contribution in [0.3, 0.4) is 0 Å². The number of carbonyl (C=O) groups excluding carboxylic acids is 1. The zero-order valence-electron chi connectivity index (χ0n) is 5.13. The summed E-state index contributed by atoms with van der Waals surface area (Å²) in [7, 11) is 1.36. The number of hydrogen-bond donors (Lipinski definition) is 0. The predicted molar refractivity (Wildman–Crippen MR) is 33.6 cm³/mol. The van der Waals surface area contributed by atoms with E-state index in [4.69, 9.17) is 11.6 Å². The Morgan fingerprint density at radius 1 is 1.78 bits per heavy atom. The molecule has 1 aliphatic heterocycles. The van der Waals surface area contributed by atoms with Gasteiger partial charge in [0.15, 0.2) is 0 Å². The molecule has 0 saturated carbocycles. The third-order valence-electron chi connectivity index (χ3n) is 1.27. The molecule has 0 unspecified atom stereocenters. The van der Waals surface area contributed by atoms with Gasteiger partial charge in [0.2, 0.25) is 0 Å². The van der Waals surface area contributed by atoms with Gasteiger partial charge in [-0.25, -0.2) is 4.79 Å². The number of methoxy groups -OCH3 is 1. The summed E-state index contributed by atoms with van der Waals surface area (Å²) in [5.41, 5.74) is 0. The summed E-state index contributed by atoms with van der Waals surface area (Å²) >= 11 is 5.60. The van der Waals surface area contributed by atoms with Gasteiger partial charge in [-0.1, -0.05) is 0 Å². The van der Waals surface area contributed by atoms with Crippen LogP contribution in [0.5, 0.6) is 0 Å². The maximum Gasteiger partial charge on any atom is 0.409 e. The van der Waals surface area contributed by atoms with Crippen LogP contribution in [0.25, 0.3) is 0 Å². The van der Waals surface area contributed by atoms with Crippen LogP contribution in [0.15, 0.2) is 0 Å². The number of nitrogens with zero attached hydrogens (tertiary/aromatic N) is 1. The quantitative estimate of drug-likeness (QED) is 0.474. The fourth-order valence-electron chi connectivity index (χ4n) is 0.703. The molecule has 0 aromatic heterocycles. The van der Waals surface area contributed by atoms with Crippen LogP contribution in [-0.2, 0) is 4.74 Å². The maximum atomic E-state index is 10.6. The summed E-state index contributed by atoms with van der Waals surface area (Å²) in [6.45, 7) is 1.24. The number of alkyl halides is 1. The summed E-state index contributed by atoms with van der Waals surface area (Å²) in [5.74, 6) is 0. The fourth-order valence-corrected chi connectivity index (χ4v) is 1.04. The first-order chi connectivity index (χ1) is 4.24. The van der Waals surface area contributed by atoms with Gasteiger partial charge in [-0.15, -0.1) is 11.6 Å². The molecular formula is C5H8ClNO2. The Kier molecular flexibility index (Phi) is 1.81. The van der Waals surface area contributed by atoms with Crippen molar-refractivity contribution in [2.75, 3.05) is 20.2 Å². The fraction of sp³-hybridized carbons (Fsp3) is 0.800. The standard InChI is InChI=1S/C5H8ClNO2/c1-9-5(8)7-2-4(6)3-7/h4H,2-3H2,1H3. The zero-order chi connectivity index (χ0) is 6.85. The van der Waals surface area contributed by atoms with Crippen LogP contribution in [0.1, 0.15) is 0 Å². The van der Waals surface area contributed by atoms with Gasteiger partial charge in [0.25, 0.3) is 0 Å². The topological polar surface area (TPSA) is 29.5 Å². The molecule has 1 heterocycles. The molecule has 0 aromatic carbocycles. The van der Waals surface area contributed by atoms with Gasteiger partial charge in [-0.2, -0.15) is 0 Å². The highest BCUT2D eigenvalue weighted by Crippen LogP contribution is 2.13. The van der Waals surface area contributed by atoms with Crippen molar-refractivity contribution in [3.8, 4) is 0 Å². The van der Waals surface area contributed by atoms with E-state index in [1.54, 1.807) is 4.90 Å². The molecular weight excluding hydrogens is 142 g/mol. The first kappa shape index (κ1) is 6.68. The second kappa shape index (κ2) is 2.43. The van der Waals surface area contributed by atoms with E-state index < -0.39 is 0 Å². The molecule has 0 aliphatic carbocycles. The van der Waals surface area contributed by atoms with Crippen LogP contribution in [0, 0.1) is 0 Å². The summed E-state index contributed by atoms with van der Waals surface area (Å²) < 4.78 is 4.43. The van der Waals surface area contributed by atoms with Crippen molar-refractivity contribution in [3.63, 3.8) is 0 Å². The van der Waals surface area contributed by atoms with Crippen molar-refractivity contribution in [1.82, 2.24) is 4.90 Å². The number of carbonyl (C=O) groups is 1. The van der Waals surface area contributed by atoms with E-state index in [2.05, 4.69) is 4.74 Å². The molecule has 0 N–H and O–H groups in total. The third kappa shape index (κ3) is 1.27. The maximum absolute atomic E-state index is 10.6. The average Bonchev–Trinajstić information content (AvgIpc) is 1.79. The van der Waals surface area contributed by atoms with Gasteiger partial charge in [0, 0.05) is 13.1 Å². The van der Waals surface area contributed by atoms with Crippen LogP contribution >= 0.6 is 11.6 Å². The minimum Gasteiger partial charge on any atom is -0.453 e. The SMILES string of the molecule is COC(=O)N1CC(Cl)C1. The summed E-state index contributed by atoms with van der Waals surface area (Å²) in [6, 6.07) is 0. The Balaban J connectivity index is 2.23. The van der Waals surface area contributed by atoms with E-state index in [9.17, 15) is 4.79 Å². The van der Waals surface area contributed by atoms with E-state index in [0.717, 1.165) is 0 Å². The highest BCUT2D eigenvalue weighted by Gasteiger charge is 2.29. The van der Waals surface area contributed by atoms with Crippen molar-refractivity contribution in [2.24, 2.45) is 0 Å². The van der Waals surface area contributed by atoms with Gasteiger partial charge < -0.3 is 9.64 Å². The Hall–Kier alpha value is -0.440. The molecule has 1 rings (SSSR count). The summed E-state index contributed by atoms with van der Waals surface area (Å²) in [6.07, 6.45) is -0.285. The van der Waals surface area contributed by atoms with Crippen molar-refractivity contribution < 1.29 is 9.53 Å². The molecule has 1 saturated heterocycles. The largest absolute Gasteiger partial charge is 0.453 e. The first-order valence-corrected chi connectivity index (χ1v) is 3.14. The number of ether oxygens (including phenoxy) is 1. The van der Waals surface area contributed by atoms with Gasteiger partial charge in [-0.05, 0) is 0 Å². The molecule has 1 aliphatic rings. The minimum atomic E-state index is -0.285. The van der Waals surface area contributed by atoms with Gasteiger partial charge in [0.1, 0.15) is 0 Å². The van der Waals surface area contributed by atoms with E-state index in [1.807, 2.05) is 0 Å². The number of likely N-dealkylation sites (tertiary alicyclic amines) is 1. The van der Waals surface area contributed by atoms with E-state index in [-0.39, 0.29) is 11.5 Å². The number of halogens is 1. The summed E-state index contributed by atoms with van der Waals surface area (Å²) in [5, 5.41) is 0.129. The van der Waals surface area contributed by atoms with Crippen LogP contribution in [0.2, 0.25) is 0 Å². The van der Waals surface area contributed by atoms with E-state index in [0.29, 0.717) is 13.1 Å². The van der Waals surface area contributed by atoms with Crippen molar-refractivity contribution in [2.45, 2.75) is 5.38 Å². The smallest absolute Gasteiger partial charge is 0.409 e. The monoisotopic (exact) mass is 149 g/mol. The molecule has 1 amide bonds. The third-order valence-corrected chi connectivity index (χ3v) is 1.55. The normalized spacial score (nSPS) is 19.1. The first-order valence-electron chi connectivity index (χ1n) is 2.71. The van der Waals surface area contributed by atoms with E-state index >= 15 is 0 Å². The average molecular weight is 150 g/mol. The van der Waals surface area contributed by atoms with Crippen LogP contribution < -0.4 is 0 Å². The minimum absolute atomic E-state index is 0.129. The molecule has 0 spiro atoms. The lowest BCUT2D eigenvalue weighted by Crippen LogP contribution is -2.50. The summed E-state index contributed by atoms with van der Waals surface area (Å²) in [4.78, 5) is 12.1. The molecule has 4 heteroatoms. The molecule has 0 radical (unpaired) electrons. The lowest BCUT2D eigenvalue weighted by Gasteiger charge is -2.33. The number of rotatable bonds is 0. The van der Waals surface area contributed by atoms with Crippen molar-refractivity contribution >= 4 is 17.7 Å². The molecule has 0 atom stereocenters. The second-order valence-corrected chi connectivity index (χ2v) is 2.59. The van der Waals surface area contributed by atoms with Crippen LogP contribution in [0.4, 0.5) is 4.79 Å². The molecule has 1 fully saturated rings. The predicted octanol–water partition coefficient (Wildman–Crippen LogP) is 0.676. The zero-order valence-corrected chi connectivity index (χ0v) is 5.89. The molecule has 0 aromatic rings. The molecule has 9 heavy (non-hydrogen) atoms. The van der Waals surface area contributed by atoms with Gasteiger partial charge in [-0.3, -0.25) is 0 Å². The van der Waals surface area contributed by atoms with Gasteiger partial charge >= 0.3 is 6.09 Å². The Morgan fingerprint density at radius 3 is 2.67 bits per heavy atom. The lowest BCUT2D eigenvalue weighted by atomic mass is 10.2. The van der Waals surface area contributed by atoms with E-state index in [1.165, 1.54) is 7.11 Å². The highest BCUT2D eigenvalue weighted by molar-refractivity contribution is 6.21. The Morgan fingerprint density at radius 2 is 2.33 bits per heavy atom. The Bertz CT molecular complexity index is 122. The van der Waals surface area contributed by atoms with Gasteiger partial charge in [0.05, 0.1) is 12.5 Å². The Labute approximate surface area is 58.5 Å². The number of amides is 1. The van der Waals surface area contributed by atoms with Crippen molar-refractivity contribution in [3.05, 3.63) is 0 Å². The molecule has 52 valence electrons. The highest BCUT2D eigenvalue weighted by atomic mass is 35.5. The second-order valence-electron chi connectivity index (χ2n) is 1.97. The lowest BCUT2D eigenvalue weighted by molar-refractivity contribution is 0.101.